The Morgan fingerprint density at radius 3 is 2.46 bits per heavy atom. The number of benzene rings is 2. The molecule has 0 bridgehead atoms. The van der Waals surface area contributed by atoms with E-state index in [4.69, 9.17) is 4.74 Å². The van der Waals surface area contributed by atoms with Crippen LogP contribution in [0.2, 0.25) is 0 Å². The van der Waals surface area contributed by atoms with Crippen LogP contribution in [-0.4, -0.2) is 29.1 Å². The molecule has 0 aliphatic rings. The normalized spacial score (nSPS) is 10.6. The SMILES string of the molecule is COc1ccc(NC(=O)c2cc3c(NC(=O)c4ccccc4)[nH]nc3s2)cc1. The van der Waals surface area contributed by atoms with Crippen LogP contribution in [0.1, 0.15) is 20.0 Å². The van der Waals surface area contributed by atoms with Crippen molar-refractivity contribution in [3.05, 3.63) is 71.1 Å². The molecular formula is C20H16N4O3S. The molecule has 0 saturated carbocycles. The Hall–Kier alpha value is -3.65. The standard InChI is InChI=1S/C20H16N4O3S/c1-27-14-9-7-13(8-10-14)21-19(26)16-11-15-17(23-24-20(15)28-16)22-18(25)12-5-3-2-4-6-12/h2-11H,1H3,(H,21,26)(H2,22,23,24,25). The zero-order chi connectivity index (χ0) is 19.5. The number of amides is 2. The molecule has 0 aliphatic carbocycles. The maximum atomic E-state index is 12.5. The highest BCUT2D eigenvalue weighted by molar-refractivity contribution is 7.20. The fourth-order valence-electron chi connectivity index (χ4n) is 2.66. The molecule has 4 aromatic rings. The van der Waals surface area contributed by atoms with E-state index in [-0.39, 0.29) is 11.8 Å². The number of aromatic nitrogens is 2. The molecule has 2 amide bonds. The second-order valence-electron chi connectivity index (χ2n) is 5.93. The Bertz CT molecular complexity index is 1130. The lowest BCUT2D eigenvalue weighted by atomic mass is 10.2. The number of aromatic amines is 1. The van der Waals surface area contributed by atoms with Gasteiger partial charge in [-0.3, -0.25) is 14.7 Å². The number of rotatable bonds is 5. The predicted octanol–water partition coefficient (Wildman–Crippen LogP) is 4.14. The maximum absolute atomic E-state index is 12.5. The molecule has 0 atom stereocenters. The zero-order valence-corrected chi connectivity index (χ0v) is 15.7. The van der Waals surface area contributed by atoms with Crippen molar-refractivity contribution in [3.8, 4) is 5.75 Å². The number of ether oxygens (including phenoxy) is 1. The number of carbonyl (C=O) groups excluding carboxylic acids is 2. The Kier molecular flexibility index (Phi) is 4.77. The van der Waals surface area contributed by atoms with Crippen molar-refractivity contribution < 1.29 is 14.3 Å². The quantitative estimate of drug-likeness (QED) is 0.476. The molecular weight excluding hydrogens is 376 g/mol. The van der Waals surface area contributed by atoms with E-state index in [1.165, 1.54) is 11.3 Å². The zero-order valence-electron chi connectivity index (χ0n) is 14.9. The molecule has 0 unspecified atom stereocenters. The fraction of sp³-hybridized carbons (Fsp3) is 0.0500. The highest BCUT2D eigenvalue weighted by Crippen LogP contribution is 2.30. The minimum Gasteiger partial charge on any atom is -0.497 e. The molecule has 0 aliphatic heterocycles. The van der Waals surface area contributed by atoms with E-state index in [0.29, 0.717) is 37.9 Å². The average molecular weight is 392 g/mol. The van der Waals surface area contributed by atoms with Crippen LogP contribution in [0.5, 0.6) is 5.75 Å². The number of anilines is 2. The van der Waals surface area contributed by atoms with Crippen molar-refractivity contribution in [2.24, 2.45) is 0 Å². The van der Waals surface area contributed by atoms with Crippen molar-refractivity contribution in [1.82, 2.24) is 10.2 Å². The van der Waals surface area contributed by atoms with E-state index >= 15 is 0 Å². The number of nitrogens with zero attached hydrogens (tertiary/aromatic N) is 1. The molecule has 2 aromatic heterocycles. The number of nitrogens with one attached hydrogen (secondary N) is 3. The van der Waals surface area contributed by atoms with E-state index < -0.39 is 0 Å². The van der Waals surface area contributed by atoms with Crippen LogP contribution < -0.4 is 15.4 Å². The maximum Gasteiger partial charge on any atom is 0.265 e. The summed E-state index contributed by atoms with van der Waals surface area (Å²) in [7, 11) is 1.59. The van der Waals surface area contributed by atoms with Crippen LogP contribution >= 0.6 is 11.3 Å². The summed E-state index contributed by atoms with van der Waals surface area (Å²) in [6, 6.07) is 17.7. The molecule has 140 valence electrons. The Morgan fingerprint density at radius 1 is 1.00 bits per heavy atom. The number of thiophene rings is 1. The minimum atomic E-state index is -0.249. The molecule has 3 N–H and O–H groups in total. The summed E-state index contributed by atoms with van der Waals surface area (Å²) < 4.78 is 5.11. The number of fused-ring (bicyclic) bond motifs is 1. The van der Waals surface area contributed by atoms with Gasteiger partial charge in [-0.05, 0) is 42.5 Å². The summed E-state index contributed by atoms with van der Waals surface area (Å²) in [5.74, 6) is 0.685. The first-order valence-corrected chi connectivity index (χ1v) is 9.25. The Morgan fingerprint density at radius 2 is 1.75 bits per heavy atom. The highest BCUT2D eigenvalue weighted by atomic mass is 32.1. The first-order valence-electron chi connectivity index (χ1n) is 8.44. The molecule has 0 saturated heterocycles. The number of H-pyrrole nitrogens is 1. The van der Waals surface area contributed by atoms with Crippen molar-refractivity contribution in [2.75, 3.05) is 17.7 Å². The van der Waals surface area contributed by atoms with Gasteiger partial charge in [0.25, 0.3) is 11.8 Å². The van der Waals surface area contributed by atoms with Crippen LogP contribution in [0.15, 0.2) is 60.7 Å². The van der Waals surface area contributed by atoms with Gasteiger partial charge in [-0.2, -0.15) is 5.10 Å². The molecule has 2 heterocycles. The lowest BCUT2D eigenvalue weighted by molar-refractivity contribution is 0.102. The third-order valence-electron chi connectivity index (χ3n) is 4.10. The number of methoxy groups -OCH3 is 1. The van der Waals surface area contributed by atoms with Gasteiger partial charge in [0.15, 0.2) is 0 Å². The lowest BCUT2D eigenvalue weighted by Crippen LogP contribution is -2.12. The Balaban J connectivity index is 1.51. The van der Waals surface area contributed by atoms with Crippen LogP contribution in [0, 0.1) is 0 Å². The van der Waals surface area contributed by atoms with E-state index in [9.17, 15) is 9.59 Å². The van der Waals surface area contributed by atoms with Gasteiger partial charge >= 0.3 is 0 Å². The molecule has 28 heavy (non-hydrogen) atoms. The number of hydrogen-bond donors (Lipinski definition) is 3. The highest BCUT2D eigenvalue weighted by Gasteiger charge is 2.17. The van der Waals surface area contributed by atoms with Crippen molar-refractivity contribution >= 4 is 44.9 Å². The molecule has 8 heteroatoms. The summed E-state index contributed by atoms with van der Waals surface area (Å²) in [6.45, 7) is 0. The van der Waals surface area contributed by atoms with Gasteiger partial charge < -0.3 is 15.4 Å². The van der Waals surface area contributed by atoms with Crippen molar-refractivity contribution in [1.29, 1.82) is 0 Å². The fourth-order valence-corrected chi connectivity index (χ4v) is 3.55. The van der Waals surface area contributed by atoms with E-state index in [1.54, 1.807) is 61.7 Å². The summed E-state index contributed by atoms with van der Waals surface area (Å²) in [4.78, 5) is 26.0. The van der Waals surface area contributed by atoms with Gasteiger partial charge in [-0.25, -0.2) is 0 Å². The van der Waals surface area contributed by atoms with Gasteiger partial charge in [-0.15, -0.1) is 11.3 Å². The monoisotopic (exact) mass is 392 g/mol. The Labute approximate surface area is 164 Å². The molecule has 2 aromatic carbocycles. The predicted molar refractivity (Wildman–Crippen MR) is 109 cm³/mol. The van der Waals surface area contributed by atoms with E-state index in [0.717, 1.165) is 0 Å². The minimum absolute atomic E-state index is 0.242. The third-order valence-corrected chi connectivity index (χ3v) is 5.12. The first kappa shape index (κ1) is 17.7. The molecule has 0 radical (unpaired) electrons. The summed E-state index contributed by atoms with van der Waals surface area (Å²) in [6.07, 6.45) is 0. The van der Waals surface area contributed by atoms with Gasteiger partial charge in [0, 0.05) is 11.3 Å². The van der Waals surface area contributed by atoms with Crippen LogP contribution in [0.3, 0.4) is 0 Å². The largest absolute Gasteiger partial charge is 0.497 e. The summed E-state index contributed by atoms with van der Waals surface area (Å²) in [5.41, 5.74) is 1.20. The van der Waals surface area contributed by atoms with Crippen LogP contribution in [0.25, 0.3) is 10.2 Å². The van der Waals surface area contributed by atoms with Crippen LogP contribution in [-0.2, 0) is 0 Å². The van der Waals surface area contributed by atoms with Gasteiger partial charge in [0.2, 0.25) is 0 Å². The lowest BCUT2D eigenvalue weighted by Gasteiger charge is -2.05. The first-order chi connectivity index (χ1) is 13.6. The van der Waals surface area contributed by atoms with Crippen molar-refractivity contribution in [3.63, 3.8) is 0 Å². The second kappa shape index (κ2) is 7.53. The van der Waals surface area contributed by atoms with E-state index in [1.807, 2.05) is 6.07 Å². The summed E-state index contributed by atoms with van der Waals surface area (Å²) >= 11 is 1.25. The summed E-state index contributed by atoms with van der Waals surface area (Å²) in [5, 5.41) is 13.3. The van der Waals surface area contributed by atoms with Crippen LogP contribution in [0.4, 0.5) is 11.5 Å². The molecule has 0 fully saturated rings. The number of carbonyl (C=O) groups is 2. The molecule has 0 spiro atoms. The average Bonchev–Trinajstić information content (AvgIpc) is 3.31. The molecule has 4 rings (SSSR count). The second-order valence-corrected chi connectivity index (χ2v) is 6.96. The number of hydrogen-bond acceptors (Lipinski definition) is 5. The smallest absolute Gasteiger partial charge is 0.265 e. The van der Waals surface area contributed by atoms with Gasteiger partial charge in [0.05, 0.1) is 17.4 Å². The van der Waals surface area contributed by atoms with Crippen molar-refractivity contribution in [2.45, 2.75) is 0 Å². The van der Waals surface area contributed by atoms with Gasteiger partial charge in [0.1, 0.15) is 16.4 Å². The molecule has 7 nitrogen and oxygen atoms in total. The topological polar surface area (TPSA) is 96.1 Å². The third kappa shape index (κ3) is 3.58. The van der Waals surface area contributed by atoms with E-state index in [2.05, 4.69) is 20.8 Å². The van der Waals surface area contributed by atoms with Gasteiger partial charge in [-0.1, -0.05) is 18.2 Å².